The minimum absolute atomic E-state index is 0.168. The maximum Gasteiger partial charge on any atom is 0.315 e. The fraction of sp³-hybridized carbons (Fsp3) is 0.235. The summed E-state index contributed by atoms with van der Waals surface area (Å²) >= 11 is 0. The van der Waals surface area contributed by atoms with Crippen LogP contribution in [0.1, 0.15) is 11.1 Å². The van der Waals surface area contributed by atoms with Crippen LogP contribution in [-0.4, -0.2) is 19.7 Å². The van der Waals surface area contributed by atoms with Crippen molar-refractivity contribution in [1.82, 2.24) is 10.6 Å². The Morgan fingerprint density at radius 2 is 1.82 bits per heavy atom. The maximum absolute atomic E-state index is 13.4. The first-order valence-corrected chi connectivity index (χ1v) is 7.07. The van der Waals surface area contributed by atoms with E-state index in [0.29, 0.717) is 12.1 Å². The van der Waals surface area contributed by atoms with E-state index in [0.717, 1.165) is 17.7 Å². The predicted octanol–water partition coefficient (Wildman–Crippen LogP) is 2.88. The summed E-state index contributed by atoms with van der Waals surface area (Å²) < 4.78 is 18.5. The number of nitrogens with one attached hydrogen (secondary N) is 2. The molecule has 0 aromatic heterocycles. The molecule has 5 heteroatoms. The number of hydrogen-bond donors (Lipinski definition) is 2. The van der Waals surface area contributed by atoms with Crippen LogP contribution in [0.25, 0.3) is 0 Å². The van der Waals surface area contributed by atoms with Crippen LogP contribution in [0, 0.1) is 5.82 Å². The SMILES string of the molecule is COc1ccc(CCNC(=O)NCc2ccccc2F)cc1. The van der Waals surface area contributed by atoms with Crippen molar-refractivity contribution < 1.29 is 13.9 Å². The molecule has 0 spiro atoms. The molecule has 0 saturated carbocycles. The second-order valence-electron chi connectivity index (χ2n) is 4.80. The number of urea groups is 1. The van der Waals surface area contributed by atoms with Crippen LogP contribution in [0.5, 0.6) is 5.75 Å². The van der Waals surface area contributed by atoms with Crippen molar-refractivity contribution in [2.45, 2.75) is 13.0 Å². The molecule has 0 heterocycles. The van der Waals surface area contributed by atoms with Crippen LogP contribution in [0.3, 0.4) is 0 Å². The van der Waals surface area contributed by atoms with E-state index < -0.39 is 0 Å². The van der Waals surface area contributed by atoms with Gasteiger partial charge in [0.1, 0.15) is 11.6 Å². The first kappa shape index (κ1) is 15.8. The molecule has 0 bridgehead atoms. The summed E-state index contributed by atoms with van der Waals surface area (Å²) in [5, 5.41) is 5.38. The van der Waals surface area contributed by atoms with Crippen LogP contribution in [0.4, 0.5) is 9.18 Å². The van der Waals surface area contributed by atoms with E-state index in [9.17, 15) is 9.18 Å². The summed E-state index contributed by atoms with van der Waals surface area (Å²) in [6, 6.07) is 13.7. The minimum Gasteiger partial charge on any atom is -0.497 e. The predicted molar refractivity (Wildman–Crippen MR) is 83.3 cm³/mol. The summed E-state index contributed by atoms with van der Waals surface area (Å²) in [5.41, 5.74) is 1.57. The molecule has 0 atom stereocenters. The lowest BCUT2D eigenvalue weighted by Crippen LogP contribution is -2.36. The van der Waals surface area contributed by atoms with Crippen molar-refractivity contribution in [3.8, 4) is 5.75 Å². The van der Waals surface area contributed by atoms with Gasteiger partial charge in [0.05, 0.1) is 7.11 Å². The van der Waals surface area contributed by atoms with Gasteiger partial charge in [-0.25, -0.2) is 9.18 Å². The van der Waals surface area contributed by atoms with Crippen molar-refractivity contribution in [2.24, 2.45) is 0 Å². The molecule has 22 heavy (non-hydrogen) atoms. The first-order valence-electron chi connectivity index (χ1n) is 7.07. The molecule has 2 N–H and O–H groups in total. The summed E-state index contributed by atoms with van der Waals surface area (Å²) in [6.07, 6.45) is 0.719. The van der Waals surface area contributed by atoms with E-state index >= 15 is 0 Å². The van der Waals surface area contributed by atoms with Crippen LogP contribution >= 0.6 is 0 Å². The number of halogens is 1. The number of ether oxygens (including phenoxy) is 1. The third kappa shape index (κ3) is 4.77. The zero-order valence-electron chi connectivity index (χ0n) is 12.4. The fourth-order valence-electron chi connectivity index (χ4n) is 1.99. The normalized spacial score (nSPS) is 10.1. The Kier molecular flexibility index (Phi) is 5.77. The molecule has 0 radical (unpaired) electrons. The summed E-state index contributed by atoms with van der Waals surface area (Å²) in [7, 11) is 1.62. The summed E-state index contributed by atoms with van der Waals surface area (Å²) in [6.45, 7) is 0.677. The van der Waals surface area contributed by atoms with Gasteiger partial charge in [0, 0.05) is 18.7 Å². The van der Waals surface area contributed by atoms with Crippen molar-refractivity contribution in [3.05, 3.63) is 65.5 Å². The Balaban J connectivity index is 1.70. The maximum atomic E-state index is 13.4. The highest BCUT2D eigenvalue weighted by Crippen LogP contribution is 2.11. The highest BCUT2D eigenvalue weighted by atomic mass is 19.1. The van der Waals surface area contributed by atoms with E-state index in [1.165, 1.54) is 6.07 Å². The Morgan fingerprint density at radius 3 is 2.50 bits per heavy atom. The Morgan fingerprint density at radius 1 is 1.09 bits per heavy atom. The van der Waals surface area contributed by atoms with E-state index in [4.69, 9.17) is 4.74 Å². The van der Waals surface area contributed by atoms with Crippen LogP contribution < -0.4 is 15.4 Å². The third-order valence-corrected chi connectivity index (χ3v) is 3.26. The first-order chi connectivity index (χ1) is 10.7. The summed E-state index contributed by atoms with van der Waals surface area (Å²) in [4.78, 5) is 11.7. The van der Waals surface area contributed by atoms with Gasteiger partial charge < -0.3 is 15.4 Å². The zero-order chi connectivity index (χ0) is 15.8. The molecule has 0 aliphatic heterocycles. The molecule has 2 aromatic rings. The molecule has 0 fully saturated rings. The molecule has 116 valence electrons. The lowest BCUT2D eigenvalue weighted by Gasteiger charge is -2.08. The number of carbonyl (C=O) groups excluding carboxylic acids is 1. The van der Waals surface area contributed by atoms with Gasteiger partial charge in [0.25, 0.3) is 0 Å². The number of hydrogen-bond acceptors (Lipinski definition) is 2. The van der Waals surface area contributed by atoms with Gasteiger partial charge in [-0.05, 0) is 30.2 Å². The lowest BCUT2D eigenvalue weighted by atomic mass is 10.1. The molecule has 0 aliphatic carbocycles. The lowest BCUT2D eigenvalue weighted by molar-refractivity contribution is 0.240. The van der Waals surface area contributed by atoms with E-state index in [1.54, 1.807) is 25.3 Å². The molecular formula is C17H19FN2O2. The van der Waals surface area contributed by atoms with Crippen molar-refractivity contribution >= 4 is 6.03 Å². The van der Waals surface area contributed by atoms with Crippen molar-refractivity contribution in [2.75, 3.05) is 13.7 Å². The number of methoxy groups -OCH3 is 1. The molecule has 0 unspecified atom stereocenters. The Bertz CT molecular complexity index is 614. The largest absolute Gasteiger partial charge is 0.497 e. The number of rotatable bonds is 6. The Labute approximate surface area is 129 Å². The van der Waals surface area contributed by atoms with Gasteiger partial charge in [-0.1, -0.05) is 30.3 Å². The van der Waals surface area contributed by atoms with Crippen LogP contribution in [0.15, 0.2) is 48.5 Å². The smallest absolute Gasteiger partial charge is 0.315 e. The highest BCUT2D eigenvalue weighted by Gasteiger charge is 2.03. The second kappa shape index (κ2) is 8.02. The molecule has 2 aromatic carbocycles. The average molecular weight is 302 g/mol. The molecule has 2 amide bonds. The van der Waals surface area contributed by atoms with E-state index in [2.05, 4.69) is 10.6 Å². The van der Waals surface area contributed by atoms with Crippen LogP contribution in [0.2, 0.25) is 0 Å². The van der Waals surface area contributed by atoms with E-state index in [1.807, 2.05) is 24.3 Å². The number of amides is 2. The molecule has 0 saturated heterocycles. The third-order valence-electron chi connectivity index (χ3n) is 3.26. The van der Waals surface area contributed by atoms with E-state index in [-0.39, 0.29) is 18.4 Å². The second-order valence-corrected chi connectivity index (χ2v) is 4.80. The summed E-state index contributed by atoms with van der Waals surface area (Å²) in [5.74, 6) is 0.486. The monoisotopic (exact) mass is 302 g/mol. The molecule has 2 rings (SSSR count). The highest BCUT2D eigenvalue weighted by molar-refractivity contribution is 5.73. The molecular weight excluding hydrogens is 283 g/mol. The standard InChI is InChI=1S/C17H19FN2O2/c1-22-15-8-6-13(7-9-15)10-11-19-17(21)20-12-14-4-2-3-5-16(14)18/h2-9H,10-12H2,1H3,(H2,19,20,21). The van der Waals surface area contributed by atoms with Crippen LogP contribution in [-0.2, 0) is 13.0 Å². The minimum atomic E-state index is -0.318. The molecule has 4 nitrogen and oxygen atoms in total. The van der Waals surface area contributed by atoms with Crippen molar-refractivity contribution in [1.29, 1.82) is 0 Å². The molecule has 0 aliphatic rings. The van der Waals surface area contributed by atoms with Gasteiger partial charge in [0.15, 0.2) is 0 Å². The topological polar surface area (TPSA) is 50.4 Å². The number of benzene rings is 2. The van der Waals surface area contributed by atoms with Gasteiger partial charge in [0.2, 0.25) is 0 Å². The van der Waals surface area contributed by atoms with Gasteiger partial charge in [-0.2, -0.15) is 0 Å². The number of carbonyl (C=O) groups is 1. The zero-order valence-corrected chi connectivity index (χ0v) is 12.4. The van der Waals surface area contributed by atoms with Gasteiger partial charge >= 0.3 is 6.03 Å². The quantitative estimate of drug-likeness (QED) is 0.862. The van der Waals surface area contributed by atoms with Gasteiger partial charge in [-0.15, -0.1) is 0 Å². The average Bonchev–Trinajstić information content (AvgIpc) is 2.55. The van der Waals surface area contributed by atoms with Gasteiger partial charge in [-0.3, -0.25) is 0 Å². The van der Waals surface area contributed by atoms with Crippen molar-refractivity contribution in [3.63, 3.8) is 0 Å². The fourth-order valence-corrected chi connectivity index (χ4v) is 1.99. The Hall–Kier alpha value is -2.56.